The number of carbonyl (C=O) groups is 3. The van der Waals surface area contributed by atoms with Gasteiger partial charge in [-0.2, -0.15) is 0 Å². The number of ketones is 2. The zero-order valence-electron chi connectivity index (χ0n) is 17.1. The highest BCUT2D eigenvalue weighted by atomic mass is 16.6. The third kappa shape index (κ3) is 2.33. The molecule has 4 fully saturated rings. The third-order valence-corrected chi connectivity index (χ3v) is 8.72. The molecule has 6 nitrogen and oxygen atoms in total. The molecule has 8 atom stereocenters. The molecule has 0 aromatic carbocycles. The van der Waals surface area contributed by atoms with Crippen molar-refractivity contribution in [1.82, 2.24) is 0 Å². The molecule has 1 saturated heterocycles. The summed E-state index contributed by atoms with van der Waals surface area (Å²) in [5.41, 5.74) is 0.123. The van der Waals surface area contributed by atoms with Gasteiger partial charge in [0, 0.05) is 12.3 Å². The maximum atomic E-state index is 12.9. The Balaban J connectivity index is 1.48. The van der Waals surface area contributed by atoms with E-state index >= 15 is 0 Å². The minimum absolute atomic E-state index is 0.00891. The summed E-state index contributed by atoms with van der Waals surface area (Å²) >= 11 is 0. The summed E-state index contributed by atoms with van der Waals surface area (Å²) in [6, 6.07) is 0. The minimum Gasteiger partial charge on any atom is -0.458 e. The second-order valence-electron chi connectivity index (χ2n) is 10.00. The van der Waals surface area contributed by atoms with Gasteiger partial charge in [0.1, 0.15) is 12.2 Å². The Morgan fingerprint density at radius 3 is 2.79 bits per heavy atom. The van der Waals surface area contributed by atoms with E-state index in [1.807, 2.05) is 6.08 Å². The standard InChI is InChI=1S/C23H28O6/c1-12(24)28-11-18(27)20-17(26)9-16-15-5-4-13-8-14(25)6-7-22(13,3)23(15)19(29-23)10-21(16,20)2/h6-8,15-17,19-20,26H,4-5,9-11H2,1-3H3/t15-,16-,17?,19-,20+,21-,22-,23+/m0/s1. The molecule has 5 aliphatic rings. The van der Waals surface area contributed by atoms with Crippen LogP contribution in [-0.2, 0) is 23.9 Å². The van der Waals surface area contributed by atoms with E-state index in [9.17, 15) is 19.5 Å². The van der Waals surface area contributed by atoms with Crippen LogP contribution in [0.2, 0.25) is 0 Å². The predicted molar refractivity (Wildman–Crippen MR) is 103 cm³/mol. The van der Waals surface area contributed by atoms with E-state index in [1.54, 1.807) is 12.2 Å². The maximum Gasteiger partial charge on any atom is 0.303 e. The highest BCUT2D eigenvalue weighted by Crippen LogP contribution is 2.75. The summed E-state index contributed by atoms with van der Waals surface area (Å²) in [6.07, 6.45) is 7.73. The lowest BCUT2D eigenvalue weighted by Crippen LogP contribution is -2.57. The summed E-state index contributed by atoms with van der Waals surface area (Å²) in [7, 11) is 0. The van der Waals surface area contributed by atoms with Crippen LogP contribution in [0, 0.1) is 28.6 Å². The fourth-order valence-corrected chi connectivity index (χ4v) is 7.51. The van der Waals surface area contributed by atoms with Crippen molar-refractivity contribution in [3.63, 3.8) is 0 Å². The van der Waals surface area contributed by atoms with Crippen LogP contribution in [0.1, 0.15) is 46.5 Å². The van der Waals surface area contributed by atoms with Gasteiger partial charge >= 0.3 is 5.97 Å². The van der Waals surface area contributed by atoms with Crippen LogP contribution in [0.15, 0.2) is 23.8 Å². The Labute approximate surface area is 170 Å². The molecular weight excluding hydrogens is 372 g/mol. The zero-order valence-corrected chi connectivity index (χ0v) is 17.1. The van der Waals surface area contributed by atoms with Crippen molar-refractivity contribution < 1.29 is 29.0 Å². The largest absolute Gasteiger partial charge is 0.458 e. The average Bonchev–Trinajstić information content (AvgIpc) is 3.29. The first-order valence-corrected chi connectivity index (χ1v) is 10.6. The molecule has 1 unspecified atom stereocenters. The number of ether oxygens (including phenoxy) is 2. The van der Waals surface area contributed by atoms with Crippen LogP contribution in [0.5, 0.6) is 0 Å². The number of rotatable bonds is 3. The normalized spacial score (nSPS) is 49.3. The molecule has 0 aromatic rings. The summed E-state index contributed by atoms with van der Waals surface area (Å²) in [4.78, 5) is 36.0. The third-order valence-electron chi connectivity index (χ3n) is 8.72. The van der Waals surface area contributed by atoms with Crippen molar-refractivity contribution >= 4 is 17.5 Å². The fraction of sp³-hybridized carbons (Fsp3) is 0.696. The molecule has 156 valence electrons. The molecule has 1 aliphatic heterocycles. The Hall–Kier alpha value is -1.79. The zero-order chi connectivity index (χ0) is 20.8. The monoisotopic (exact) mass is 400 g/mol. The number of epoxide rings is 1. The van der Waals surface area contributed by atoms with E-state index in [4.69, 9.17) is 9.47 Å². The number of aliphatic hydroxyl groups is 1. The predicted octanol–water partition coefficient (Wildman–Crippen LogP) is 2.14. The number of carbonyl (C=O) groups excluding carboxylic acids is 3. The Kier molecular flexibility index (Phi) is 3.89. The topological polar surface area (TPSA) is 93.2 Å². The fourth-order valence-electron chi connectivity index (χ4n) is 7.51. The molecule has 6 heteroatoms. The molecule has 0 aromatic heterocycles. The molecule has 1 heterocycles. The van der Waals surface area contributed by atoms with E-state index in [0.29, 0.717) is 12.8 Å². The van der Waals surface area contributed by atoms with Gasteiger partial charge in [0.15, 0.2) is 11.6 Å². The SMILES string of the molecule is CC(=O)OCC(=O)[C@H]1C(O)C[C@H]2[C@@H]3CCC4=CC(=O)C=C[C@]4(C)[C@@]34O[C@H]4C[C@]12C. The van der Waals surface area contributed by atoms with Gasteiger partial charge < -0.3 is 14.6 Å². The van der Waals surface area contributed by atoms with Crippen LogP contribution in [0.25, 0.3) is 0 Å². The van der Waals surface area contributed by atoms with E-state index < -0.39 is 18.0 Å². The molecule has 4 aliphatic carbocycles. The van der Waals surface area contributed by atoms with Crippen LogP contribution in [0.4, 0.5) is 0 Å². The van der Waals surface area contributed by atoms with Gasteiger partial charge in [-0.1, -0.05) is 18.6 Å². The maximum absolute atomic E-state index is 12.9. The van der Waals surface area contributed by atoms with Crippen molar-refractivity contribution in [2.45, 2.75) is 64.3 Å². The number of aliphatic hydroxyl groups excluding tert-OH is 1. The van der Waals surface area contributed by atoms with Crippen molar-refractivity contribution in [2.75, 3.05) is 6.61 Å². The molecule has 0 amide bonds. The Morgan fingerprint density at radius 2 is 2.07 bits per heavy atom. The molecule has 0 bridgehead atoms. The quantitative estimate of drug-likeness (QED) is 0.576. The first-order valence-electron chi connectivity index (χ1n) is 10.6. The van der Waals surface area contributed by atoms with Gasteiger partial charge in [-0.05, 0) is 62.0 Å². The molecule has 3 saturated carbocycles. The van der Waals surface area contributed by atoms with E-state index in [1.165, 1.54) is 6.92 Å². The summed E-state index contributed by atoms with van der Waals surface area (Å²) in [5.74, 6) is -0.797. The van der Waals surface area contributed by atoms with Gasteiger partial charge in [0.25, 0.3) is 0 Å². The van der Waals surface area contributed by atoms with Gasteiger partial charge in [-0.25, -0.2) is 0 Å². The molecular formula is C23H28O6. The van der Waals surface area contributed by atoms with E-state index in [0.717, 1.165) is 18.4 Å². The molecule has 0 radical (unpaired) electrons. The van der Waals surface area contributed by atoms with Crippen molar-refractivity contribution in [2.24, 2.45) is 28.6 Å². The van der Waals surface area contributed by atoms with Crippen molar-refractivity contribution in [3.05, 3.63) is 23.8 Å². The Bertz CT molecular complexity index is 873. The number of hydrogen-bond donors (Lipinski definition) is 1. The number of allylic oxidation sites excluding steroid dienone is 2. The second-order valence-corrected chi connectivity index (χ2v) is 10.00. The number of esters is 1. The minimum atomic E-state index is -0.726. The van der Waals surface area contributed by atoms with Crippen LogP contribution in [-0.4, -0.2) is 47.1 Å². The molecule has 1 spiro atoms. The van der Waals surface area contributed by atoms with Gasteiger partial charge in [-0.15, -0.1) is 0 Å². The smallest absolute Gasteiger partial charge is 0.303 e. The van der Waals surface area contributed by atoms with Gasteiger partial charge in [0.05, 0.1) is 18.1 Å². The van der Waals surface area contributed by atoms with Gasteiger partial charge in [0.2, 0.25) is 0 Å². The van der Waals surface area contributed by atoms with E-state index in [-0.39, 0.29) is 52.5 Å². The lowest BCUT2D eigenvalue weighted by molar-refractivity contribution is -0.150. The highest BCUT2D eigenvalue weighted by Gasteiger charge is 2.79. The van der Waals surface area contributed by atoms with Crippen molar-refractivity contribution in [3.8, 4) is 0 Å². The highest BCUT2D eigenvalue weighted by molar-refractivity contribution is 6.01. The van der Waals surface area contributed by atoms with Crippen LogP contribution in [0.3, 0.4) is 0 Å². The van der Waals surface area contributed by atoms with Crippen molar-refractivity contribution in [1.29, 1.82) is 0 Å². The molecule has 29 heavy (non-hydrogen) atoms. The summed E-state index contributed by atoms with van der Waals surface area (Å²) in [6.45, 7) is 5.28. The second kappa shape index (κ2) is 5.88. The summed E-state index contributed by atoms with van der Waals surface area (Å²) in [5, 5.41) is 10.9. The number of Topliss-reactive ketones (excluding diaryl/α,β-unsaturated/α-hetero) is 1. The molecule has 1 N–H and O–H groups in total. The lowest BCUT2D eigenvalue weighted by Gasteiger charge is -2.54. The van der Waals surface area contributed by atoms with E-state index in [2.05, 4.69) is 13.8 Å². The molecule has 5 rings (SSSR count). The van der Waals surface area contributed by atoms with Crippen LogP contribution < -0.4 is 0 Å². The first-order chi connectivity index (χ1) is 13.6. The lowest BCUT2D eigenvalue weighted by atomic mass is 9.47. The summed E-state index contributed by atoms with van der Waals surface area (Å²) < 4.78 is 11.4. The Morgan fingerprint density at radius 1 is 1.31 bits per heavy atom. The first kappa shape index (κ1) is 19.2. The average molecular weight is 400 g/mol. The van der Waals surface area contributed by atoms with Gasteiger partial charge in [-0.3, -0.25) is 14.4 Å². The van der Waals surface area contributed by atoms with Crippen LogP contribution >= 0.6 is 0 Å². The number of hydrogen-bond acceptors (Lipinski definition) is 6. The number of fused-ring (bicyclic) bond motifs is 3.